The molecule has 8 nitrogen and oxygen atoms in total. The number of hydrogen-bond donors (Lipinski definition) is 2. The standard InChI is InChI=1S/C33H39N5O3/c1-22-10-12-26(13-11-22)38-29(21-28(36-38)33(3,4)5)35-32(40)34-27-9-7-6-8-25(27)20-24-14-17-37(18-15-24)31(39)30-23(2)16-19-41-30/h6-13,16,19,21,24H,14-15,17-18,20H2,1-5H3,(H2,34,35,40). The minimum Gasteiger partial charge on any atom is -0.459 e. The van der Waals surface area contributed by atoms with Crippen molar-refractivity contribution in [2.24, 2.45) is 5.92 Å². The zero-order valence-electron chi connectivity index (χ0n) is 24.5. The molecule has 0 radical (unpaired) electrons. The Labute approximate surface area is 241 Å². The number of amides is 3. The quantitative estimate of drug-likeness (QED) is 0.266. The van der Waals surface area contributed by atoms with Gasteiger partial charge in [0, 0.05) is 35.8 Å². The van der Waals surface area contributed by atoms with Crippen molar-refractivity contribution >= 4 is 23.4 Å². The normalized spacial score (nSPS) is 14.2. The molecule has 0 aliphatic carbocycles. The van der Waals surface area contributed by atoms with E-state index in [1.807, 2.05) is 73.3 Å². The first-order valence-electron chi connectivity index (χ1n) is 14.3. The van der Waals surface area contributed by atoms with Crippen LogP contribution in [0.15, 0.2) is 71.3 Å². The summed E-state index contributed by atoms with van der Waals surface area (Å²) in [4.78, 5) is 28.0. The van der Waals surface area contributed by atoms with Crippen molar-refractivity contribution in [1.29, 1.82) is 0 Å². The Balaban J connectivity index is 1.25. The number of carbonyl (C=O) groups is 2. The average Bonchev–Trinajstić information content (AvgIpc) is 3.56. The Kier molecular flexibility index (Phi) is 8.01. The van der Waals surface area contributed by atoms with Gasteiger partial charge in [-0.2, -0.15) is 5.10 Å². The van der Waals surface area contributed by atoms with Crippen molar-refractivity contribution in [2.75, 3.05) is 23.7 Å². The lowest BCUT2D eigenvalue weighted by Crippen LogP contribution is -2.39. The number of aryl methyl sites for hydroxylation is 2. The van der Waals surface area contributed by atoms with E-state index in [9.17, 15) is 9.59 Å². The van der Waals surface area contributed by atoms with Gasteiger partial charge in [-0.05, 0) is 68.9 Å². The maximum absolute atomic E-state index is 13.3. The van der Waals surface area contributed by atoms with Crippen LogP contribution in [0.4, 0.5) is 16.3 Å². The first kappa shape index (κ1) is 28.2. The van der Waals surface area contributed by atoms with E-state index >= 15 is 0 Å². The second kappa shape index (κ2) is 11.6. The van der Waals surface area contributed by atoms with Gasteiger partial charge in [0.2, 0.25) is 0 Å². The first-order valence-corrected chi connectivity index (χ1v) is 14.3. The van der Waals surface area contributed by atoms with E-state index in [2.05, 4.69) is 37.5 Å². The van der Waals surface area contributed by atoms with Crippen molar-refractivity contribution < 1.29 is 14.0 Å². The van der Waals surface area contributed by atoms with E-state index in [1.165, 1.54) is 0 Å². The summed E-state index contributed by atoms with van der Waals surface area (Å²) in [5, 5.41) is 10.9. The third kappa shape index (κ3) is 6.53. The number of para-hydroxylation sites is 1. The second-order valence-electron chi connectivity index (χ2n) is 12.0. The van der Waals surface area contributed by atoms with Crippen LogP contribution in [0.1, 0.15) is 66.6 Å². The van der Waals surface area contributed by atoms with Crippen LogP contribution in [-0.2, 0) is 11.8 Å². The highest BCUT2D eigenvalue weighted by Gasteiger charge is 2.27. The molecule has 0 spiro atoms. The molecule has 5 rings (SSSR count). The summed E-state index contributed by atoms with van der Waals surface area (Å²) < 4.78 is 7.19. The second-order valence-corrected chi connectivity index (χ2v) is 12.0. The third-order valence-electron chi connectivity index (χ3n) is 7.73. The number of carbonyl (C=O) groups excluding carboxylic acids is 2. The molecule has 3 amide bonds. The van der Waals surface area contributed by atoms with E-state index in [0.717, 1.165) is 53.0 Å². The number of nitrogens with zero attached hydrogens (tertiary/aromatic N) is 3. The van der Waals surface area contributed by atoms with Gasteiger partial charge in [-0.25, -0.2) is 9.48 Å². The molecule has 8 heteroatoms. The van der Waals surface area contributed by atoms with E-state index in [1.54, 1.807) is 10.9 Å². The lowest BCUT2D eigenvalue weighted by molar-refractivity contribution is 0.0657. The maximum atomic E-state index is 13.3. The highest BCUT2D eigenvalue weighted by Crippen LogP contribution is 2.29. The van der Waals surface area contributed by atoms with Crippen LogP contribution in [0.3, 0.4) is 0 Å². The molecule has 41 heavy (non-hydrogen) atoms. The van der Waals surface area contributed by atoms with E-state index in [4.69, 9.17) is 9.52 Å². The van der Waals surface area contributed by atoms with Gasteiger partial charge in [-0.3, -0.25) is 10.1 Å². The Morgan fingerprint density at radius 1 is 0.976 bits per heavy atom. The average molecular weight is 554 g/mol. The van der Waals surface area contributed by atoms with Crippen LogP contribution < -0.4 is 10.6 Å². The highest BCUT2D eigenvalue weighted by atomic mass is 16.3. The number of benzene rings is 2. The van der Waals surface area contributed by atoms with Gasteiger partial charge in [-0.1, -0.05) is 56.7 Å². The van der Waals surface area contributed by atoms with Crippen molar-refractivity contribution in [1.82, 2.24) is 14.7 Å². The summed E-state index contributed by atoms with van der Waals surface area (Å²) >= 11 is 0. The van der Waals surface area contributed by atoms with E-state index in [0.29, 0.717) is 30.6 Å². The fourth-order valence-corrected chi connectivity index (χ4v) is 5.20. The fourth-order valence-electron chi connectivity index (χ4n) is 5.20. The first-order chi connectivity index (χ1) is 19.6. The number of hydrogen-bond acceptors (Lipinski definition) is 4. The number of urea groups is 1. The summed E-state index contributed by atoms with van der Waals surface area (Å²) in [5.74, 6) is 1.42. The Bertz CT molecular complexity index is 1520. The molecule has 2 aromatic heterocycles. The molecule has 1 saturated heterocycles. The fraction of sp³-hybridized carbons (Fsp3) is 0.364. The van der Waals surface area contributed by atoms with E-state index < -0.39 is 0 Å². The summed E-state index contributed by atoms with van der Waals surface area (Å²) in [5.41, 5.74) is 5.49. The molecule has 0 unspecified atom stereocenters. The van der Waals surface area contributed by atoms with E-state index in [-0.39, 0.29) is 17.4 Å². The largest absolute Gasteiger partial charge is 0.459 e. The molecule has 1 fully saturated rings. The topological polar surface area (TPSA) is 92.4 Å². The Hall–Kier alpha value is -4.33. The molecular formula is C33H39N5O3. The van der Waals surface area contributed by atoms with Gasteiger partial charge in [0.25, 0.3) is 5.91 Å². The monoisotopic (exact) mass is 553 g/mol. The predicted octanol–water partition coefficient (Wildman–Crippen LogP) is 7.12. The third-order valence-corrected chi connectivity index (χ3v) is 7.73. The molecule has 1 aliphatic rings. The summed E-state index contributed by atoms with van der Waals surface area (Å²) in [7, 11) is 0. The number of rotatable bonds is 6. The minimum atomic E-state index is -0.319. The van der Waals surface area contributed by atoms with Gasteiger partial charge in [0.1, 0.15) is 5.82 Å². The number of piperidine rings is 1. The van der Waals surface area contributed by atoms with Crippen molar-refractivity contribution in [3.8, 4) is 5.69 Å². The summed E-state index contributed by atoms with van der Waals surface area (Å²) in [6.45, 7) is 11.6. The molecule has 2 N–H and O–H groups in total. The predicted molar refractivity (Wildman–Crippen MR) is 162 cm³/mol. The molecule has 0 bridgehead atoms. The minimum absolute atomic E-state index is 0.0378. The zero-order valence-corrected chi connectivity index (χ0v) is 24.5. The maximum Gasteiger partial charge on any atom is 0.324 e. The molecular weight excluding hydrogens is 514 g/mol. The number of nitrogens with one attached hydrogen (secondary N) is 2. The smallest absolute Gasteiger partial charge is 0.324 e. The Morgan fingerprint density at radius 3 is 2.34 bits per heavy atom. The van der Waals surface area contributed by atoms with Crippen LogP contribution in [-0.4, -0.2) is 39.7 Å². The molecule has 4 aromatic rings. The van der Waals surface area contributed by atoms with Gasteiger partial charge in [0.05, 0.1) is 17.6 Å². The van der Waals surface area contributed by atoms with Gasteiger partial charge < -0.3 is 14.6 Å². The molecule has 214 valence electrons. The number of furan rings is 1. The SMILES string of the molecule is Cc1ccc(-n2nc(C(C)(C)C)cc2NC(=O)Nc2ccccc2CC2CCN(C(=O)c3occc3C)CC2)cc1. The summed E-state index contributed by atoms with van der Waals surface area (Å²) in [6.07, 6.45) is 4.19. The number of anilines is 2. The molecule has 2 aromatic carbocycles. The van der Waals surface area contributed by atoms with Crippen molar-refractivity contribution in [3.63, 3.8) is 0 Å². The molecule has 0 atom stereocenters. The molecule has 0 saturated carbocycles. The van der Waals surface area contributed by atoms with Crippen molar-refractivity contribution in [3.05, 3.63) is 95.1 Å². The van der Waals surface area contributed by atoms with Crippen LogP contribution in [0.25, 0.3) is 5.69 Å². The number of likely N-dealkylation sites (tertiary alicyclic amines) is 1. The Morgan fingerprint density at radius 2 is 1.68 bits per heavy atom. The highest BCUT2D eigenvalue weighted by molar-refractivity contribution is 6.00. The van der Waals surface area contributed by atoms with Crippen LogP contribution >= 0.6 is 0 Å². The van der Waals surface area contributed by atoms with Gasteiger partial charge >= 0.3 is 6.03 Å². The molecule has 1 aliphatic heterocycles. The lowest BCUT2D eigenvalue weighted by Gasteiger charge is -2.32. The lowest BCUT2D eigenvalue weighted by atomic mass is 9.89. The molecule has 3 heterocycles. The van der Waals surface area contributed by atoms with Crippen molar-refractivity contribution in [2.45, 2.75) is 59.3 Å². The summed E-state index contributed by atoms with van der Waals surface area (Å²) in [6, 6.07) is 19.4. The van der Waals surface area contributed by atoms with Crippen LogP contribution in [0.2, 0.25) is 0 Å². The van der Waals surface area contributed by atoms with Gasteiger partial charge in [0.15, 0.2) is 5.76 Å². The van der Waals surface area contributed by atoms with Gasteiger partial charge in [-0.15, -0.1) is 0 Å². The van der Waals surface area contributed by atoms with Crippen LogP contribution in [0, 0.1) is 19.8 Å². The zero-order chi connectivity index (χ0) is 29.1. The number of aromatic nitrogens is 2. The van der Waals surface area contributed by atoms with Crippen LogP contribution in [0.5, 0.6) is 0 Å².